The normalized spacial score (nSPS) is 20.8. The fourth-order valence-electron chi connectivity index (χ4n) is 2.69. The number of rotatable bonds is 5. The molecule has 1 atom stereocenters. The Morgan fingerprint density at radius 2 is 2.21 bits per heavy atom. The van der Waals surface area contributed by atoms with Gasteiger partial charge in [-0.05, 0) is 26.1 Å². The van der Waals surface area contributed by atoms with E-state index in [4.69, 9.17) is 0 Å². The van der Waals surface area contributed by atoms with E-state index in [-0.39, 0.29) is 0 Å². The Morgan fingerprint density at radius 3 is 2.95 bits per heavy atom. The molecule has 106 valence electrons. The Morgan fingerprint density at radius 1 is 1.37 bits per heavy atom. The molecular formula is C15H26N4. The average Bonchev–Trinajstić information content (AvgIpc) is 2.46. The zero-order chi connectivity index (χ0) is 13.7. The summed E-state index contributed by atoms with van der Waals surface area (Å²) in [5.74, 6) is 1.16. The standard InChI is InChI=1S/C15H26N4/c1-4-14-12-19(10-9-18(14)3)15-13(11-16-5-2)7-6-8-17-15/h6-8,14,16H,4-5,9-12H2,1-3H3. The molecule has 19 heavy (non-hydrogen) atoms. The van der Waals surface area contributed by atoms with Crippen LogP contribution in [-0.4, -0.2) is 49.2 Å². The van der Waals surface area contributed by atoms with E-state index in [1.54, 1.807) is 0 Å². The lowest BCUT2D eigenvalue weighted by Gasteiger charge is -2.40. The molecule has 0 bridgehead atoms. The van der Waals surface area contributed by atoms with Crippen LogP contribution in [0.15, 0.2) is 18.3 Å². The maximum absolute atomic E-state index is 4.62. The summed E-state index contributed by atoms with van der Waals surface area (Å²) >= 11 is 0. The summed E-state index contributed by atoms with van der Waals surface area (Å²) in [5, 5.41) is 3.40. The van der Waals surface area contributed by atoms with Crippen molar-refractivity contribution in [2.24, 2.45) is 0 Å². The first-order valence-electron chi connectivity index (χ1n) is 7.36. The third-order valence-corrected chi connectivity index (χ3v) is 3.98. The van der Waals surface area contributed by atoms with Crippen molar-refractivity contribution in [2.75, 3.05) is 38.1 Å². The first-order chi connectivity index (χ1) is 9.26. The van der Waals surface area contributed by atoms with Crippen molar-refractivity contribution >= 4 is 5.82 Å². The van der Waals surface area contributed by atoms with Crippen molar-refractivity contribution in [1.82, 2.24) is 15.2 Å². The van der Waals surface area contributed by atoms with Gasteiger partial charge in [-0.25, -0.2) is 4.98 Å². The summed E-state index contributed by atoms with van der Waals surface area (Å²) in [6, 6.07) is 4.86. The van der Waals surface area contributed by atoms with Gasteiger partial charge in [-0.2, -0.15) is 0 Å². The minimum absolute atomic E-state index is 0.641. The third-order valence-electron chi connectivity index (χ3n) is 3.98. The number of hydrogen-bond acceptors (Lipinski definition) is 4. The fourth-order valence-corrected chi connectivity index (χ4v) is 2.69. The quantitative estimate of drug-likeness (QED) is 0.875. The van der Waals surface area contributed by atoms with Crippen LogP contribution in [0.1, 0.15) is 25.8 Å². The van der Waals surface area contributed by atoms with Crippen LogP contribution < -0.4 is 10.2 Å². The number of pyridine rings is 1. The Labute approximate surface area is 116 Å². The Bertz CT molecular complexity index is 393. The topological polar surface area (TPSA) is 31.4 Å². The molecule has 0 saturated carbocycles. The SMILES string of the molecule is CCNCc1cccnc1N1CCN(C)C(CC)C1. The highest BCUT2D eigenvalue weighted by Crippen LogP contribution is 2.21. The van der Waals surface area contributed by atoms with Crippen LogP contribution in [0.25, 0.3) is 0 Å². The fraction of sp³-hybridized carbons (Fsp3) is 0.667. The smallest absolute Gasteiger partial charge is 0.133 e. The second kappa shape index (κ2) is 6.87. The van der Waals surface area contributed by atoms with E-state index < -0.39 is 0 Å². The molecule has 2 rings (SSSR count). The molecule has 0 spiro atoms. The molecule has 0 aliphatic carbocycles. The molecule has 1 aromatic rings. The van der Waals surface area contributed by atoms with Gasteiger partial charge in [0.15, 0.2) is 0 Å². The molecular weight excluding hydrogens is 236 g/mol. The predicted octanol–water partition coefficient (Wildman–Crippen LogP) is 1.72. The van der Waals surface area contributed by atoms with Gasteiger partial charge in [-0.15, -0.1) is 0 Å². The van der Waals surface area contributed by atoms with E-state index in [0.29, 0.717) is 6.04 Å². The van der Waals surface area contributed by atoms with Gasteiger partial charge in [0.1, 0.15) is 5.82 Å². The van der Waals surface area contributed by atoms with E-state index in [1.807, 2.05) is 12.3 Å². The first-order valence-corrected chi connectivity index (χ1v) is 7.36. The summed E-state index contributed by atoms with van der Waals surface area (Å²) in [4.78, 5) is 9.52. The van der Waals surface area contributed by atoms with Crippen molar-refractivity contribution in [1.29, 1.82) is 0 Å². The molecule has 1 N–H and O–H groups in total. The van der Waals surface area contributed by atoms with Crippen LogP contribution in [-0.2, 0) is 6.54 Å². The minimum atomic E-state index is 0.641. The van der Waals surface area contributed by atoms with Gasteiger partial charge in [-0.1, -0.05) is 19.9 Å². The van der Waals surface area contributed by atoms with Gasteiger partial charge in [0, 0.05) is 44.0 Å². The van der Waals surface area contributed by atoms with Crippen molar-refractivity contribution in [2.45, 2.75) is 32.9 Å². The van der Waals surface area contributed by atoms with Crippen molar-refractivity contribution in [3.05, 3.63) is 23.9 Å². The van der Waals surface area contributed by atoms with Gasteiger partial charge >= 0.3 is 0 Å². The van der Waals surface area contributed by atoms with E-state index in [1.165, 1.54) is 12.0 Å². The predicted molar refractivity (Wildman–Crippen MR) is 80.5 cm³/mol. The van der Waals surface area contributed by atoms with Crippen LogP contribution in [0.3, 0.4) is 0 Å². The molecule has 4 nitrogen and oxygen atoms in total. The van der Waals surface area contributed by atoms with Crippen molar-refractivity contribution < 1.29 is 0 Å². The number of aromatic nitrogens is 1. The maximum Gasteiger partial charge on any atom is 0.133 e. The zero-order valence-electron chi connectivity index (χ0n) is 12.4. The second-order valence-corrected chi connectivity index (χ2v) is 5.26. The largest absolute Gasteiger partial charge is 0.353 e. The molecule has 0 aromatic carbocycles. The number of hydrogen-bond donors (Lipinski definition) is 1. The third kappa shape index (κ3) is 3.45. The highest BCUT2D eigenvalue weighted by molar-refractivity contribution is 5.47. The monoisotopic (exact) mass is 262 g/mol. The summed E-state index contributed by atoms with van der Waals surface area (Å²) in [5.41, 5.74) is 1.31. The van der Waals surface area contributed by atoms with Gasteiger partial charge in [-0.3, -0.25) is 4.90 Å². The zero-order valence-corrected chi connectivity index (χ0v) is 12.4. The Kier molecular flexibility index (Phi) is 5.16. The molecule has 1 saturated heterocycles. The number of piperazine rings is 1. The number of anilines is 1. The van der Waals surface area contributed by atoms with Crippen LogP contribution in [0.4, 0.5) is 5.82 Å². The Balaban J connectivity index is 2.12. The van der Waals surface area contributed by atoms with Crippen LogP contribution >= 0.6 is 0 Å². The average molecular weight is 262 g/mol. The molecule has 1 unspecified atom stereocenters. The Hall–Kier alpha value is -1.13. The van der Waals surface area contributed by atoms with E-state index in [2.05, 4.69) is 47.1 Å². The van der Waals surface area contributed by atoms with Crippen LogP contribution in [0.2, 0.25) is 0 Å². The van der Waals surface area contributed by atoms with Gasteiger partial charge in [0.25, 0.3) is 0 Å². The van der Waals surface area contributed by atoms with Crippen LogP contribution in [0.5, 0.6) is 0 Å². The summed E-state index contributed by atoms with van der Waals surface area (Å²) < 4.78 is 0. The highest BCUT2D eigenvalue weighted by Gasteiger charge is 2.24. The molecule has 0 amide bonds. The lowest BCUT2D eigenvalue weighted by molar-refractivity contribution is 0.212. The molecule has 4 heteroatoms. The van der Waals surface area contributed by atoms with Gasteiger partial charge < -0.3 is 10.2 Å². The molecule has 0 radical (unpaired) electrons. The van der Waals surface area contributed by atoms with Crippen molar-refractivity contribution in [3.8, 4) is 0 Å². The molecule has 1 aliphatic rings. The number of nitrogens with one attached hydrogen (secondary N) is 1. The van der Waals surface area contributed by atoms with E-state index >= 15 is 0 Å². The van der Waals surface area contributed by atoms with E-state index in [9.17, 15) is 0 Å². The lowest BCUT2D eigenvalue weighted by Crippen LogP contribution is -2.51. The second-order valence-electron chi connectivity index (χ2n) is 5.26. The lowest BCUT2D eigenvalue weighted by atomic mass is 10.1. The summed E-state index contributed by atoms with van der Waals surface area (Å²) in [6.07, 6.45) is 3.10. The molecule has 2 heterocycles. The van der Waals surface area contributed by atoms with Crippen LogP contribution in [0, 0.1) is 0 Å². The summed E-state index contributed by atoms with van der Waals surface area (Å²) in [6.45, 7) is 9.58. The van der Waals surface area contributed by atoms with Gasteiger partial charge in [0.05, 0.1) is 0 Å². The maximum atomic E-state index is 4.62. The number of nitrogens with zero attached hydrogens (tertiary/aromatic N) is 3. The highest BCUT2D eigenvalue weighted by atomic mass is 15.3. The summed E-state index contributed by atoms with van der Waals surface area (Å²) in [7, 11) is 2.23. The molecule has 1 aliphatic heterocycles. The van der Waals surface area contributed by atoms with Gasteiger partial charge in [0.2, 0.25) is 0 Å². The van der Waals surface area contributed by atoms with E-state index in [0.717, 1.165) is 38.5 Å². The minimum Gasteiger partial charge on any atom is -0.353 e. The van der Waals surface area contributed by atoms with Crippen molar-refractivity contribution in [3.63, 3.8) is 0 Å². The molecule has 1 fully saturated rings. The molecule has 1 aromatic heterocycles. The number of likely N-dealkylation sites (N-methyl/N-ethyl adjacent to an activating group) is 1. The first kappa shape index (κ1) is 14.3.